The zero-order valence-electron chi connectivity index (χ0n) is 22.3. The van der Waals surface area contributed by atoms with Gasteiger partial charge in [0.05, 0.1) is 29.0 Å². The van der Waals surface area contributed by atoms with Crippen molar-refractivity contribution in [1.29, 1.82) is 0 Å². The first-order chi connectivity index (χ1) is 18.7. The second kappa shape index (κ2) is 13.5. The summed E-state index contributed by atoms with van der Waals surface area (Å²) in [6.45, 7) is 5.45. The molecule has 1 atom stereocenters. The van der Waals surface area contributed by atoms with E-state index in [1.165, 1.54) is 5.56 Å². The first-order valence-electron chi connectivity index (χ1n) is 13.7. The smallest absolute Gasteiger partial charge is 0.326 e. The van der Waals surface area contributed by atoms with Gasteiger partial charge in [0, 0.05) is 31.5 Å². The molecule has 1 amide bonds. The highest BCUT2D eigenvalue weighted by Gasteiger charge is 2.38. The van der Waals surface area contributed by atoms with Gasteiger partial charge < -0.3 is 25.4 Å². The number of rotatable bonds is 15. The predicted molar refractivity (Wildman–Crippen MR) is 147 cm³/mol. The van der Waals surface area contributed by atoms with Crippen molar-refractivity contribution in [1.82, 2.24) is 20.2 Å². The number of aromatic nitrogens is 2. The Morgan fingerprint density at radius 2 is 2.08 bits per heavy atom. The standard InChI is InChI=1S/C28H37ClFN5O4/c1-28(10-11-28)39-16-15-35(13-3-2-6-20-8-7-19-5-4-12-32-25(19)33-20)14-9-23(27(37)38)34-26(36)24-21(29)17-31-18-22(24)30/h7-8,17-18,23H,2-6,9-16H2,1H3,(H,32,33)(H,34,36)(H,37,38)/t23-/m0/s1. The molecule has 2 aromatic heterocycles. The average molecular weight is 562 g/mol. The molecule has 0 spiro atoms. The van der Waals surface area contributed by atoms with Gasteiger partial charge in [-0.15, -0.1) is 0 Å². The molecule has 1 aliphatic carbocycles. The number of nitrogens with one attached hydrogen (secondary N) is 2. The molecule has 11 heteroatoms. The van der Waals surface area contributed by atoms with Crippen molar-refractivity contribution < 1.29 is 23.8 Å². The Morgan fingerprint density at radius 3 is 2.82 bits per heavy atom. The van der Waals surface area contributed by atoms with Crippen molar-refractivity contribution in [3.63, 3.8) is 0 Å². The molecule has 3 heterocycles. The summed E-state index contributed by atoms with van der Waals surface area (Å²) in [4.78, 5) is 35.0. The number of nitrogens with zero attached hydrogens (tertiary/aromatic N) is 3. The maximum absolute atomic E-state index is 14.1. The summed E-state index contributed by atoms with van der Waals surface area (Å²) in [7, 11) is 0. The van der Waals surface area contributed by atoms with E-state index in [9.17, 15) is 19.1 Å². The quantitative estimate of drug-likeness (QED) is 0.278. The van der Waals surface area contributed by atoms with E-state index in [2.05, 4.69) is 39.6 Å². The number of hydrogen-bond acceptors (Lipinski definition) is 7. The first kappa shape index (κ1) is 29.2. The Hall–Kier alpha value is -2.82. The lowest BCUT2D eigenvalue weighted by Crippen LogP contribution is -2.44. The second-order valence-corrected chi connectivity index (χ2v) is 11.0. The molecular formula is C28H37ClFN5O4. The van der Waals surface area contributed by atoms with E-state index in [-0.39, 0.29) is 17.0 Å². The number of unbranched alkanes of at least 4 members (excludes halogenated alkanes) is 1. The van der Waals surface area contributed by atoms with E-state index < -0.39 is 29.3 Å². The Labute approximate surface area is 233 Å². The van der Waals surface area contributed by atoms with Crippen molar-refractivity contribution in [2.24, 2.45) is 0 Å². The molecule has 0 aromatic carbocycles. The number of anilines is 1. The van der Waals surface area contributed by atoms with Crippen LogP contribution >= 0.6 is 11.6 Å². The zero-order valence-corrected chi connectivity index (χ0v) is 23.1. The summed E-state index contributed by atoms with van der Waals surface area (Å²) in [6.07, 6.45) is 9.19. The number of carboxylic acids is 1. The van der Waals surface area contributed by atoms with Gasteiger partial charge in [-0.25, -0.2) is 14.2 Å². The number of fused-ring (bicyclic) bond motifs is 1. The summed E-state index contributed by atoms with van der Waals surface area (Å²) in [5.74, 6) is -1.97. The summed E-state index contributed by atoms with van der Waals surface area (Å²) < 4.78 is 20.1. The minimum absolute atomic E-state index is 0.0384. The molecule has 4 rings (SSSR count). The molecule has 1 fully saturated rings. The number of carbonyl (C=O) groups excluding carboxylic acids is 1. The van der Waals surface area contributed by atoms with Gasteiger partial charge >= 0.3 is 5.97 Å². The maximum atomic E-state index is 14.1. The van der Waals surface area contributed by atoms with Crippen LogP contribution in [0.3, 0.4) is 0 Å². The van der Waals surface area contributed by atoms with Gasteiger partial charge in [-0.3, -0.25) is 9.78 Å². The van der Waals surface area contributed by atoms with Crippen LogP contribution in [0.15, 0.2) is 24.5 Å². The van der Waals surface area contributed by atoms with Crippen LogP contribution in [0.5, 0.6) is 0 Å². The number of carbonyl (C=O) groups is 2. The summed E-state index contributed by atoms with van der Waals surface area (Å²) in [5.41, 5.74) is 1.89. The van der Waals surface area contributed by atoms with Gasteiger partial charge in [0.25, 0.3) is 5.91 Å². The minimum atomic E-state index is -1.20. The molecule has 2 aliphatic rings. The van der Waals surface area contributed by atoms with Gasteiger partial charge in [0.1, 0.15) is 11.9 Å². The number of hydrogen-bond donors (Lipinski definition) is 3. The number of carboxylic acid groups (broad SMARTS) is 1. The van der Waals surface area contributed by atoms with Crippen molar-refractivity contribution in [3.8, 4) is 0 Å². The van der Waals surface area contributed by atoms with Crippen LogP contribution in [-0.4, -0.2) is 76.3 Å². The fourth-order valence-electron chi connectivity index (χ4n) is 4.65. The van der Waals surface area contributed by atoms with Crippen LogP contribution in [0.1, 0.15) is 67.1 Å². The lowest BCUT2D eigenvalue weighted by atomic mass is 10.1. The van der Waals surface area contributed by atoms with Gasteiger partial charge in [-0.2, -0.15) is 0 Å². The van der Waals surface area contributed by atoms with E-state index >= 15 is 0 Å². The molecule has 0 radical (unpaired) electrons. The predicted octanol–water partition coefficient (Wildman–Crippen LogP) is 4.09. The third-order valence-corrected chi connectivity index (χ3v) is 7.63. The van der Waals surface area contributed by atoms with E-state index in [0.717, 1.165) is 81.9 Å². The van der Waals surface area contributed by atoms with Gasteiger partial charge in [-0.05, 0) is 76.5 Å². The molecule has 39 heavy (non-hydrogen) atoms. The molecule has 1 aliphatic heterocycles. The Morgan fingerprint density at radius 1 is 1.26 bits per heavy atom. The molecule has 2 aromatic rings. The van der Waals surface area contributed by atoms with Gasteiger partial charge in [0.2, 0.25) is 0 Å². The lowest BCUT2D eigenvalue weighted by molar-refractivity contribution is -0.139. The number of pyridine rings is 2. The first-order valence-corrected chi connectivity index (χ1v) is 14.0. The van der Waals surface area contributed by atoms with E-state index in [1.807, 2.05) is 0 Å². The number of amides is 1. The monoisotopic (exact) mass is 561 g/mol. The fraction of sp³-hybridized carbons (Fsp3) is 0.571. The van der Waals surface area contributed by atoms with E-state index in [1.54, 1.807) is 0 Å². The molecule has 0 bridgehead atoms. The fourth-order valence-corrected chi connectivity index (χ4v) is 4.89. The highest BCUT2D eigenvalue weighted by atomic mass is 35.5. The molecule has 9 nitrogen and oxygen atoms in total. The number of halogens is 2. The van der Waals surface area contributed by atoms with Crippen LogP contribution in [0, 0.1) is 5.82 Å². The third-order valence-electron chi connectivity index (χ3n) is 7.34. The molecule has 3 N–H and O–H groups in total. The van der Waals surface area contributed by atoms with Crippen LogP contribution in [-0.2, 0) is 22.4 Å². The topological polar surface area (TPSA) is 117 Å². The summed E-state index contributed by atoms with van der Waals surface area (Å²) >= 11 is 5.92. The largest absolute Gasteiger partial charge is 0.480 e. The van der Waals surface area contributed by atoms with E-state index in [4.69, 9.17) is 21.3 Å². The van der Waals surface area contributed by atoms with Crippen molar-refractivity contribution in [2.75, 3.05) is 38.1 Å². The molecule has 212 valence electrons. The highest BCUT2D eigenvalue weighted by Crippen LogP contribution is 2.38. The van der Waals surface area contributed by atoms with Crippen molar-refractivity contribution in [2.45, 2.75) is 69.9 Å². The van der Waals surface area contributed by atoms with Crippen molar-refractivity contribution >= 4 is 29.3 Å². The minimum Gasteiger partial charge on any atom is -0.480 e. The van der Waals surface area contributed by atoms with Gasteiger partial charge in [0.15, 0.2) is 5.82 Å². The number of aliphatic carboxylic acids is 1. The summed E-state index contributed by atoms with van der Waals surface area (Å²) in [5, 5.41) is 15.3. The Balaban J connectivity index is 1.29. The molecule has 1 saturated carbocycles. The van der Waals surface area contributed by atoms with Crippen LogP contribution in [0.4, 0.5) is 10.2 Å². The van der Waals surface area contributed by atoms with Crippen LogP contribution < -0.4 is 10.6 Å². The normalized spacial score (nSPS) is 16.3. The SMILES string of the molecule is CC1(OCCN(CCCCc2ccc3c(n2)NCCC3)CC[C@H](NC(=O)c2c(F)cncc2Cl)C(=O)O)CC1. The molecule has 0 unspecified atom stereocenters. The molecular weight excluding hydrogens is 525 g/mol. The van der Waals surface area contributed by atoms with Crippen molar-refractivity contribution in [3.05, 3.63) is 52.2 Å². The Kier molecular flexibility index (Phi) is 10.1. The van der Waals surface area contributed by atoms with Gasteiger partial charge in [-0.1, -0.05) is 17.7 Å². The lowest BCUT2D eigenvalue weighted by Gasteiger charge is -2.25. The number of aryl methyl sites for hydroxylation is 2. The average Bonchev–Trinajstić information content (AvgIpc) is 3.64. The summed E-state index contributed by atoms with van der Waals surface area (Å²) in [6, 6.07) is 3.07. The maximum Gasteiger partial charge on any atom is 0.326 e. The second-order valence-electron chi connectivity index (χ2n) is 10.6. The number of ether oxygens (including phenoxy) is 1. The van der Waals surface area contributed by atoms with Crippen LogP contribution in [0.2, 0.25) is 5.02 Å². The third kappa shape index (κ3) is 8.58. The van der Waals surface area contributed by atoms with Crippen LogP contribution in [0.25, 0.3) is 0 Å². The molecule has 0 saturated heterocycles. The highest BCUT2D eigenvalue weighted by molar-refractivity contribution is 6.33. The Bertz CT molecular complexity index is 1140. The zero-order chi connectivity index (χ0) is 27.8. The van der Waals surface area contributed by atoms with E-state index in [0.29, 0.717) is 19.7 Å².